The lowest BCUT2D eigenvalue weighted by molar-refractivity contribution is -0.147. The summed E-state index contributed by atoms with van der Waals surface area (Å²) in [6, 6.07) is 4.31. The molecule has 0 bridgehead atoms. The van der Waals surface area contributed by atoms with Crippen LogP contribution in [-0.2, 0) is 4.74 Å². The van der Waals surface area contributed by atoms with Crippen molar-refractivity contribution in [1.82, 2.24) is 0 Å². The second-order valence-electron chi connectivity index (χ2n) is 5.17. The van der Waals surface area contributed by atoms with Gasteiger partial charge in [0.1, 0.15) is 17.2 Å². The molecule has 1 saturated carbocycles. The van der Waals surface area contributed by atoms with Gasteiger partial charge in [-0.1, -0.05) is 0 Å². The van der Waals surface area contributed by atoms with E-state index in [4.69, 9.17) is 9.47 Å². The molecule has 1 aromatic carbocycles. The molecule has 18 heavy (non-hydrogen) atoms. The molecule has 3 nitrogen and oxygen atoms in total. The minimum absolute atomic E-state index is 0.206. The first-order valence-electron chi connectivity index (χ1n) is 6.40. The van der Waals surface area contributed by atoms with E-state index in [-0.39, 0.29) is 17.5 Å². The zero-order chi connectivity index (χ0) is 12.8. The van der Waals surface area contributed by atoms with Crippen LogP contribution in [0.1, 0.15) is 37.9 Å². The second-order valence-corrected chi connectivity index (χ2v) is 5.17. The molecule has 0 amide bonds. The molecule has 2 aliphatic rings. The molecule has 98 valence electrons. The maximum Gasteiger partial charge on any atom is 0.128 e. The summed E-state index contributed by atoms with van der Waals surface area (Å²) in [5, 5.41) is 10.1. The largest absolute Gasteiger partial charge is 0.486 e. The molecule has 1 spiro atoms. The summed E-state index contributed by atoms with van der Waals surface area (Å²) in [5.74, 6) is 0.141. The van der Waals surface area contributed by atoms with E-state index in [1.807, 2.05) is 6.92 Å². The van der Waals surface area contributed by atoms with Crippen molar-refractivity contribution in [3.63, 3.8) is 0 Å². The van der Waals surface area contributed by atoms with Gasteiger partial charge in [0.2, 0.25) is 0 Å². The van der Waals surface area contributed by atoms with E-state index in [0.29, 0.717) is 24.3 Å². The summed E-state index contributed by atoms with van der Waals surface area (Å²) >= 11 is 0. The number of aliphatic hydroxyl groups is 1. The second kappa shape index (κ2) is 4.21. The van der Waals surface area contributed by atoms with Gasteiger partial charge < -0.3 is 14.6 Å². The Morgan fingerprint density at radius 1 is 1.44 bits per heavy atom. The average molecular weight is 252 g/mol. The van der Waals surface area contributed by atoms with Crippen LogP contribution >= 0.6 is 0 Å². The summed E-state index contributed by atoms with van der Waals surface area (Å²) < 4.78 is 24.6. The van der Waals surface area contributed by atoms with Gasteiger partial charge in [-0.25, -0.2) is 4.39 Å². The number of ether oxygens (including phenoxy) is 2. The molecule has 1 aromatic rings. The van der Waals surface area contributed by atoms with Gasteiger partial charge >= 0.3 is 0 Å². The van der Waals surface area contributed by atoms with Gasteiger partial charge in [0.15, 0.2) is 0 Å². The molecule has 1 atom stereocenters. The molecule has 1 aliphatic carbocycles. The van der Waals surface area contributed by atoms with E-state index >= 15 is 0 Å². The molecule has 4 heteroatoms. The third kappa shape index (κ3) is 1.89. The van der Waals surface area contributed by atoms with Crippen molar-refractivity contribution in [1.29, 1.82) is 0 Å². The van der Waals surface area contributed by atoms with Crippen LogP contribution in [0.4, 0.5) is 4.39 Å². The summed E-state index contributed by atoms with van der Waals surface area (Å²) in [5.41, 5.74) is 0.321. The molecule has 0 radical (unpaired) electrons. The zero-order valence-corrected chi connectivity index (χ0v) is 10.4. The monoisotopic (exact) mass is 252 g/mol. The summed E-state index contributed by atoms with van der Waals surface area (Å²) in [6.07, 6.45) is 1.74. The molecule has 0 saturated heterocycles. The van der Waals surface area contributed by atoms with Crippen molar-refractivity contribution >= 4 is 0 Å². The average Bonchev–Trinajstić information content (AvgIpc) is 2.26. The van der Waals surface area contributed by atoms with Crippen molar-refractivity contribution in [2.75, 3.05) is 6.61 Å². The first kappa shape index (κ1) is 11.9. The van der Waals surface area contributed by atoms with Crippen LogP contribution in [0.15, 0.2) is 18.2 Å². The lowest BCUT2D eigenvalue weighted by Crippen LogP contribution is -2.55. The van der Waals surface area contributed by atoms with E-state index in [1.165, 1.54) is 12.1 Å². The smallest absolute Gasteiger partial charge is 0.128 e. The van der Waals surface area contributed by atoms with Crippen molar-refractivity contribution in [2.24, 2.45) is 0 Å². The van der Waals surface area contributed by atoms with E-state index < -0.39 is 6.10 Å². The van der Waals surface area contributed by atoms with Gasteiger partial charge in [0, 0.05) is 37.5 Å². The molecular formula is C14H17FO3. The highest BCUT2D eigenvalue weighted by molar-refractivity contribution is 5.39. The lowest BCUT2D eigenvalue weighted by atomic mass is 9.71. The normalized spacial score (nSPS) is 33.7. The zero-order valence-electron chi connectivity index (χ0n) is 10.4. The number of hydrogen-bond donors (Lipinski definition) is 1. The predicted octanol–water partition coefficient (Wildman–Crippen LogP) is 2.58. The Morgan fingerprint density at radius 3 is 2.94 bits per heavy atom. The molecule has 1 heterocycles. The molecule has 1 aliphatic heterocycles. The fourth-order valence-electron chi connectivity index (χ4n) is 2.98. The Bertz CT molecular complexity index is 454. The summed E-state index contributed by atoms with van der Waals surface area (Å²) in [6.45, 7) is 2.65. The Balaban J connectivity index is 1.80. The minimum Gasteiger partial charge on any atom is -0.486 e. The fourth-order valence-corrected chi connectivity index (χ4v) is 2.98. The van der Waals surface area contributed by atoms with Crippen molar-refractivity contribution in [2.45, 2.75) is 44.0 Å². The SMILES string of the molecule is CCOC1CC2(C1)CC(O)c1ccc(F)cc1O2. The van der Waals surface area contributed by atoms with Crippen LogP contribution in [0.5, 0.6) is 5.75 Å². The maximum atomic E-state index is 13.2. The topological polar surface area (TPSA) is 38.7 Å². The molecular weight excluding hydrogens is 235 g/mol. The van der Waals surface area contributed by atoms with Crippen LogP contribution in [0.25, 0.3) is 0 Å². The number of hydrogen-bond acceptors (Lipinski definition) is 3. The number of aliphatic hydroxyl groups excluding tert-OH is 1. The van der Waals surface area contributed by atoms with Crippen molar-refractivity contribution in [3.8, 4) is 5.75 Å². The Morgan fingerprint density at radius 2 is 2.22 bits per heavy atom. The Hall–Kier alpha value is -1.13. The third-order valence-electron chi connectivity index (χ3n) is 3.83. The first-order chi connectivity index (χ1) is 8.62. The standard InChI is InChI=1S/C14H17FO3/c1-2-17-10-6-14(7-10)8-12(16)11-4-3-9(15)5-13(11)18-14/h3-5,10,12,16H,2,6-8H2,1H3. The van der Waals surface area contributed by atoms with Crippen LogP contribution in [-0.4, -0.2) is 23.4 Å². The molecule has 1 unspecified atom stereocenters. The van der Waals surface area contributed by atoms with Crippen molar-refractivity contribution in [3.05, 3.63) is 29.6 Å². The Labute approximate surface area is 106 Å². The van der Waals surface area contributed by atoms with Gasteiger partial charge in [-0.3, -0.25) is 0 Å². The number of benzene rings is 1. The van der Waals surface area contributed by atoms with E-state index in [9.17, 15) is 9.50 Å². The van der Waals surface area contributed by atoms with E-state index in [0.717, 1.165) is 12.8 Å². The quantitative estimate of drug-likeness (QED) is 0.879. The summed E-state index contributed by atoms with van der Waals surface area (Å²) in [7, 11) is 0. The van der Waals surface area contributed by atoms with Gasteiger partial charge in [-0.15, -0.1) is 0 Å². The predicted molar refractivity (Wildman–Crippen MR) is 64.0 cm³/mol. The molecule has 0 aromatic heterocycles. The van der Waals surface area contributed by atoms with Crippen molar-refractivity contribution < 1.29 is 19.0 Å². The lowest BCUT2D eigenvalue weighted by Gasteiger charge is -2.50. The molecule has 1 fully saturated rings. The van der Waals surface area contributed by atoms with Crippen LogP contribution in [0.2, 0.25) is 0 Å². The fraction of sp³-hybridized carbons (Fsp3) is 0.571. The highest BCUT2D eigenvalue weighted by Gasteiger charge is 2.51. The highest BCUT2D eigenvalue weighted by Crippen LogP contribution is 2.49. The van der Waals surface area contributed by atoms with Gasteiger partial charge in [-0.05, 0) is 19.1 Å². The van der Waals surface area contributed by atoms with Gasteiger partial charge in [0.05, 0.1) is 12.2 Å². The maximum absolute atomic E-state index is 13.2. The molecule has 3 rings (SSSR count). The van der Waals surface area contributed by atoms with E-state index in [1.54, 1.807) is 6.07 Å². The Kier molecular flexibility index (Phi) is 2.79. The first-order valence-corrected chi connectivity index (χ1v) is 6.40. The number of rotatable bonds is 2. The van der Waals surface area contributed by atoms with Crippen LogP contribution < -0.4 is 4.74 Å². The highest BCUT2D eigenvalue weighted by atomic mass is 19.1. The molecule has 1 N–H and O–H groups in total. The van der Waals surface area contributed by atoms with Gasteiger partial charge in [0.25, 0.3) is 0 Å². The third-order valence-corrected chi connectivity index (χ3v) is 3.83. The van der Waals surface area contributed by atoms with Crippen LogP contribution in [0, 0.1) is 5.82 Å². The van der Waals surface area contributed by atoms with Crippen LogP contribution in [0.3, 0.4) is 0 Å². The number of halogens is 1. The minimum atomic E-state index is -0.572. The van der Waals surface area contributed by atoms with Gasteiger partial charge in [-0.2, -0.15) is 0 Å². The van der Waals surface area contributed by atoms with E-state index in [2.05, 4.69) is 0 Å². The number of fused-ring (bicyclic) bond motifs is 1. The summed E-state index contributed by atoms with van der Waals surface area (Å²) in [4.78, 5) is 0.